The Morgan fingerprint density at radius 3 is 2.83 bits per heavy atom. The summed E-state index contributed by atoms with van der Waals surface area (Å²) >= 11 is 11.2. The molecule has 0 saturated heterocycles. The van der Waals surface area contributed by atoms with Crippen LogP contribution in [0.15, 0.2) is 10.6 Å². The summed E-state index contributed by atoms with van der Waals surface area (Å²) in [6.45, 7) is 3.00. The van der Waals surface area contributed by atoms with Crippen molar-refractivity contribution in [2.24, 2.45) is 5.92 Å². The van der Waals surface area contributed by atoms with Gasteiger partial charge in [-0.1, -0.05) is 30.1 Å². The molecule has 0 radical (unpaired) electrons. The molecule has 1 saturated carbocycles. The Kier molecular flexibility index (Phi) is 4.41. The Hall–Kier alpha value is 0.280. The van der Waals surface area contributed by atoms with Crippen LogP contribution in [0.4, 0.5) is 0 Å². The molecule has 12 heavy (non-hydrogen) atoms. The third-order valence-corrected chi connectivity index (χ3v) is 2.99. The molecule has 2 unspecified atom stereocenters. The molecule has 0 amide bonds. The van der Waals surface area contributed by atoms with Gasteiger partial charge in [-0.15, -0.1) is 0 Å². The molecular formula is C9H15Cl2N. The van der Waals surface area contributed by atoms with Crippen molar-refractivity contribution in [2.75, 3.05) is 6.54 Å². The van der Waals surface area contributed by atoms with E-state index in [4.69, 9.17) is 23.2 Å². The number of hydrogen-bond acceptors (Lipinski definition) is 1. The zero-order valence-electron chi connectivity index (χ0n) is 7.32. The van der Waals surface area contributed by atoms with Crippen LogP contribution in [0.1, 0.15) is 26.2 Å². The first-order valence-electron chi connectivity index (χ1n) is 4.40. The molecule has 0 aromatic rings. The summed E-state index contributed by atoms with van der Waals surface area (Å²) in [4.78, 5) is 0. The lowest BCUT2D eigenvalue weighted by Crippen LogP contribution is -2.27. The molecule has 0 bridgehead atoms. The third kappa shape index (κ3) is 3.34. The predicted molar refractivity (Wildman–Crippen MR) is 54.6 cm³/mol. The van der Waals surface area contributed by atoms with E-state index in [1.165, 1.54) is 24.8 Å². The third-order valence-electron chi connectivity index (χ3n) is 2.37. The zero-order chi connectivity index (χ0) is 8.97. The second-order valence-electron chi connectivity index (χ2n) is 3.55. The van der Waals surface area contributed by atoms with Crippen LogP contribution in [0.25, 0.3) is 0 Å². The molecule has 0 aliphatic heterocycles. The molecule has 1 rings (SSSR count). The Balaban J connectivity index is 2.16. The van der Waals surface area contributed by atoms with Gasteiger partial charge in [0, 0.05) is 23.2 Å². The number of nitrogens with one attached hydrogen (secondary N) is 1. The molecule has 0 heterocycles. The standard InChI is InChI=1S/C9H15Cl2N/c1-7-2-3-9(4-7)12-6-8(11)5-10/h5,7,9,12H,2-4,6H2,1H3. The molecule has 3 heteroatoms. The predicted octanol–water partition coefficient (Wildman–Crippen LogP) is 3.08. The highest BCUT2D eigenvalue weighted by Crippen LogP contribution is 2.24. The zero-order valence-corrected chi connectivity index (χ0v) is 8.83. The van der Waals surface area contributed by atoms with E-state index >= 15 is 0 Å². The summed E-state index contributed by atoms with van der Waals surface area (Å²) in [6, 6.07) is 0.644. The van der Waals surface area contributed by atoms with Gasteiger partial charge in [0.15, 0.2) is 0 Å². The maximum atomic E-state index is 5.75. The molecule has 0 aromatic carbocycles. The van der Waals surface area contributed by atoms with E-state index in [-0.39, 0.29) is 0 Å². The van der Waals surface area contributed by atoms with Crippen LogP contribution in [0, 0.1) is 5.92 Å². The van der Waals surface area contributed by atoms with Gasteiger partial charge in [-0.05, 0) is 25.2 Å². The van der Waals surface area contributed by atoms with Gasteiger partial charge < -0.3 is 5.32 Å². The highest BCUT2D eigenvalue weighted by atomic mass is 35.5. The minimum atomic E-state index is 0.644. The summed E-state index contributed by atoms with van der Waals surface area (Å²) in [7, 11) is 0. The van der Waals surface area contributed by atoms with Gasteiger partial charge in [-0.25, -0.2) is 0 Å². The molecule has 1 N–H and O–H groups in total. The fourth-order valence-corrected chi connectivity index (χ4v) is 1.83. The normalized spacial score (nSPS) is 31.1. The summed E-state index contributed by atoms with van der Waals surface area (Å²) in [6.07, 6.45) is 3.87. The average molecular weight is 208 g/mol. The van der Waals surface area contributed by atoms with E-state index in [2.05, 4.69) is 12.2 Å². The molecule has 1 aliphatic rings. The van der Waals surface area contributed by atoms with Crippen LogP contribution >= 0.6 is 23.2 Å². The van der Waals surface area contributed by atoms with E-state index in [0.717, 1.165) is 5.92 Å². The number of halogens is 2. The topological polar surface area (TPSA) is 12.0 Å². The fraction of sp³-hybridized carbons (Fsp3) is 0.778. The maximum absolute atomic E-state index is 5.75. The minimum Gasteiger partial charge on any atom is -0.309 e. The number of hydrogen-bond donors (Lipinski definition) is 1. The van der Waals surface area contributed by atoms with E-state index < -0.39 is 0 Å². The summed E-state index contributed by atoms with van der Waals surface area (Å²) in [5, 5.41) is 4.07. The van der Waals surface area contributed by atoms with Crippen LogP contribution in [0.5, 0.6) is 0 Å². The van der Waals surface area contributed by atoms with Crippen molar-refractivity contribution >= 4 is 23.2 Å². The smallest absolute Gasteiger partial charge is 0.0431 e. The molecule has 70 valence electrons. The summed E-state index contributed by atoms with van der Waals surface area (Å²) in [5.74, 6) is 0.862. The fourth-order valence-electron chi connectivity index (χ4n) is 1.67. The Bertz CT molecular complexity index is 168. The van der Waals surface area contributed by atoms with Crippen molar-refractivity contribution in [3.8, 4) is 0 Å². The van der Waals surface area contributed by atoms with Gasteiger partial charge in [-0.2, -0.15) is 0 Å². The van der Waals surface area contributed by atoms with Crippen LogP contribution in [-0.4, -0.2) is 12.6 Å². The lowest BCUT2D eigenvalue weighted by molar-refractivity contribution is 0.525. The summed E-state index contributed by atoms with van der Waals surface area (Å²) in [5.41, 5.74) is 1.42. The average Bonchev–Trinajstić information content (AvgIpc) is 2.47. The van der Waals surface area contributed by atoms with Gasteiger partial charge >= 0.3 is 0 Å². The molecule has 2 atom stereocenters. The van der Waals surface area contributed by atoms with Crippen LogP contribution in [0.2, 0.25) is 0 Å². The lowest BCUT2D eigenvalue weighted by atomic mass is 10.1. The molecule has 1 nitrogen and oxygen atoms in total. The maximum Gasteiger partial charge on any atom is 0.0431 e. The molecule has 0 aromatic heterocycles. The molecule has 1 aliphatic carbocycles. The lowest BCUT2D eigenvalue weighted by Gasteiger charge is -2.10. The molecular weight excluding hydrogens is 193 g/mol. The largest absolute Gasteiger partial charge is 0.309 e. The van der Waals surface area contributed by atoms with E-state index in [1.54, 1.807) is 0 Å². The quantitative estimate of drug-likeness (QED) is 0.751. The van der Waals surface area contributed by atoms with E-state index in [1.807, 2.05) is 0 Å². The number of rotatable bonds is 3. The SMILES string of the molecule is CC1CCC(NCC(Cl)=CCl)C1. The molecule has 0 spiro atoms. The summed E-state index contributed by atoms with van der Waals surface area (Å²) < 4.78 is 0. The highest BCUT2D eigenvalue weighted by molar-refractivity contribution is 6.36. The monoisotopic (exact) mass is 207 g/mol. The van der Waals surface area contributed by atoms with Gasteiger partial charge in [0.1, 0.15) is 0 Å². The van der Waals surface area contributed by atoms with E-state index in [9.17, 15) is 0 Å². The first-order chi connectivity index (χ1) is 5.72. The Labute approximate surface area is 84.1 Å². The minimum absolute atomic E-state index is 0.644. The van der Waals surface area contributed by atoms with Crippen molar-refractivity contribution in [1.82, 2.24) is 5.32 Å². The first kappa shape index (κ1) is 10.4. The van der Waals surface area contributed by atoms with Crippen molar-refractivity contribution in [1.29, 1.82) is 0 Å². The van der Waals surface area contributed by atoms with Crippen molar-refractivity contribution in [3.05, 3.63) is 10.6 Å². The van der Waals surface area contributed by atoms with Crippen molar-refractivity contribution < 1.29 is 0 Å². The second kappa shape index (κ2) is 5.11. The van der Waals surface area contributed by atoms with Crippen molar-refractivity contribution in [3.63, 3.8) is 0 Å². The van der Waals surface area contributed by atoms with Crippen LogP contribution in [0.3, 0.4) is 0 Å². The van der Waals surface area contributed by atoms with Gasteiger partial charge in [-0.3, -0.25) is 0 Å². The van der Waals surface area contributed by atoms with E-state index in [0.29, 0.717) is 17.6 Å². The second-order valence-corrected chi connectivity index (χ2v) is 4.26. The van der Waals surface area contributed by atoms with Gasteiger partial charge in [0.2, 0.25) is 0 Å². The van der Waals surface area contributed by atoms with Crippen LogP contribution < -0.4 is 5.32 Å². The Morgan fingerprint density at radius 2 is 2.33 bits per heavy atom. The first-order valence-corrected chi connectivity index (χ1v) is 5.22. The highest BCUT2D eigenvalue weighted by Gasteiger charge is 2.20. The van der Waals surface area contributed by atoms with Crippen LogP contribution in [-0.2, 0) is 0 Å². The van der Waals surface area contributed by atoms with Gasteiger partial charge in [0.05, 0.1) is 0 Å². The van der Waals surface area contributed by atoms with Gasteiger partial charge in [0.25, 0.3) is 0 Å². The Morgan fingerprint density at radius 1 is 1.58 bits per heavy atom. The van der Waals surface area contributed by atoms with Crippen molar-refractivity contribution in [2.45, 2.75) is 32.2 Å². The molecule has 1 fully saturated rings.